The first-order valence-corrected chi connectivity index (χ1v) is 6.94. The van der Waals surface area contributed by atoms with Crippen LogP contribution in [0, 0.1) is 0 Å². The molecule has 2 aromatic heterocycles. The van der Waals surface area contributed by atoms with Crippen LogP contribution in [0.1, 0.15) is 12.1 Å². The summed E-state index contributed by atoms with van der Waals surface area (Å²) in [5, 5.41) is 3.35. The molecule has 0 amide bonds. The Morgan fingerprint density at radius 2 is 2.29 bits per heavy atom. The van der Waals surface area contributed by atoms with Gasteiger partial charge in [0, 0.05) is 56.5 Å². The van der Waals surface area contributed by atoms with Gasteiger partial charge < -0.3 is 10.1 Å². The molecular formula is C14H18N6O. The van der Waals surface area contributed by atoms with Gasteiger partial charge in [-0.05, 0) is 6.42 Å². The van der Waals surface area contributed by atoms with E-state index in [2.05, 4.69) is 30.2 Å². The summed E-state index contributed by atoms with van der Waals surface area (Å²) in [5.74, 6) is 1.18. The van der Waals surface area contributed by atoms with E-state index in [9.17, 15) is 0 Å². The van der Waals surface area contributed by atoms with Crippen molar-refractivity contribution in [3.05, 3.63) is 36.5 Å². The molecule has 0 spiro atoms. The Morgan fingerprint density at radius 1 is 1.33 bits per heavy atom. The van der Waals surface area contributed by atoms with Gasteiger partial charge in [-0.25, -0.2) is 4.98 Å². The van der Waals surface area contributed by atoms with Crippen LogP contribution in [0.4, 0.5) is 5.95 Å². The van der Waals surface area contributed by atoms with Gasteiger partial charge in [0.05, 0.1) is 12.8 Å². The number of ether oxygens (including phenoxy) is 1. The lowest BCUT2D eigenvalue weighted by molar-refractivity contribution is 0.324. The standard InChI is InChI=1S/C14H18N6O/c1-21-13-2-4-17-14(19-13)18-11-3-7-20(9-11)10-12-8-15-5-6-16-12/h2,4-6,8,11H,3,7,9-10H2,1H3,(H,17,18,19). The quantitative estimate of drug-likeness (QED) is 0.877. The second-order valence-corrected chi connectivity index (χ2v) is 4.98. The summed E-state index contributed by atoms with van der Waals surface area (Å²) in [4.78, 5) is 19.2. The number of anilines is 1. The molecule has 1 aliphatic rings. The molecule has 0 saturated carbocycles. The van der Waals surface area contributed by atoms with Gasteiger partial charge in [0.2, 0.25) is 11.8 Å². The van der Waals surface area contributed by atoms with Crippen molar-refractivity contribution < 1.29 is 4.74 Å². The first-order valence-electron chi connectivity index (χ1n) is 6.94. The molecule has 7 heteroatoms. The first-order chi connectivity index (χ1) is 10.3. The molecule has 7 nitrogen and oxygen atoms in total. The molecule has 0 radical (unpaired) electrons. The van der Waals surface area contributed by atoms with Gasteiger partial charge >= 0.3 is 0 Å². The maximum atomic E-state index is 5.10. The number of aromatic nitrogens is 4. The molecule has 1 aliphatic heterocycles. The minimum Gasteiger partial charge on any atom is -0.481 e. The van der Waals surface area contributed by atoms with E-state index in [-0.39, 0.29) is 0 Å². The fraction of sp³-hybridized carbons (Fsp3) is 0.429. The third-order valence-corrected chi connectivity index (χ3v) is 3.45. The van der Waals surface area contributed by atoms with Gasteiger partial charge in [-0.3, -0.25) is 14.9 Å². The van der Waals surface area contributed by atoms with Crippen LogP contribution in [0.2, 0.25) is 0 Å². The van der Waals surface area contributed by atoms with Crippen LogP contribution in [0.25, 0.3) is 0 Å². The number of nitrogens with one attached hydrogen (secondary N) is 1. The molecule has 110 valence electrons. The Hall–Kier alpha value is -2.28. The molecule has 1 unspecified atom stereocenters. The van der Waals surface area contributed by atoms with Crippen molar-refractivity contribution in [2.75, 3.05) is 25.5 Å². The zero-order valence-corrected chi connectivity index (χ0v) is 11.9. The fourth-order valence-electron chi connectivity index (χ4n) is 2.44. The normalized spacial score (nSPS) is 18.6. The monoisotopic (exact) mass is 286 g/mol. The Kier molecular flexibility index (Phi) is 4.20. The van der Waals surface area contributed by atoms with Gasteiger partial charge in [0.1, 0.15) is 0 Å². The lowest BCUT2D eigenvalue weighted by Gasteiger charge is -2.16. The van der Waals surface area contributed by atoms with Crippen molar-refractivity contribution in [2.45, 2.75) is 19.0 Å². The summed E-state index contributed by atoms with van der Waals surface area (Å²) in [6.45, 7) is 2.79. The second-order valence-electron chi connectivity index (χ2n) is 4.98. The number of hydrogen-bond donors (Lipinski definition) is 1. The Bertz CT molecular complexity index is 579. The molecular weight excluding hydrogens is 268 g/mol. The largest absolute Gasteiger partial charge is 0.481 e. The van der Waals surface area contributed by atoms with Gasteiger partial charge in [-0.15, -0.1) is 0 Å². The van der Waals surface area contributed by atoms with Crippen molar-refractivity contribution in [2.24, 2.45) is 0 Å². The molecule has 2 aromatic rings. The van der Waals surface area contributed by atoms with Crippen molar-refractivity contribution in [1.82, 2.24) is 24.8 Å². The number of methoxy groups -OCH3 is 1. The highest BCUT2D eigenvalue weighted by molar-refractivity contribution is 5.29. The molecule has 3 heterocycles. The van der Waals surface area contributed by atoms with Crippen LogP contribution in [0.5, 0.6) is 5.88 Å². The smallest absolute Gasteiger partial charge is 0.226 e. The lowest BCUT2D eigenvalue weighted by Crippen LogP contribution is -2.27. The second kappa shape index (κ2) is 6.45. The first kappa shape index (κ1) is 13.7. The van der Waals surface area contributed by atoms with Crippen molar-refractivity contribution >= 4 is 5.95 Å². The highest BCUT2D eigenvalue weighted by atomic mass is 16.5. The molecule has 21 heavy (non-hydrogen) atoms. The van der Waals surface area contributed by atoms with Gasteiger partial charge in [0.15, 0.2) is 0 Å². The van der Waals surface area contributed by atoms with E-state index < -0.39 is 0 Å². The fourth-order valence-corrected chi connectivity index (χ4v) is 2.44. The number of hydrogen-bond acceptors (Lipinski definition) is 7. The average molecular weight is 286 g/mol. The maximum absolute atomic E-state index is 5.10. The van der Waals surface area contributed by atoms with E-state index in [0.717, 1.165) is 31.7 Å². The summed E-state index contributed by atoms with van der Waals surface area (Å²) < 4.78 is 5.10. The van der Waals surface area contributed by atoms with E-state index in [4.69, 9.17) is 4.74 Å². The van der Waals surface area contributed by atoms with Crippen molar-refractivity contribution in [3.63, 3.8) is 0 Å². The number of nitrogens with zero attached hydrogens (tertiary/aromatic N) is 5. The third-order valence-electron chi connectivity index (χ3n) is 3.45. The van der Waals surface area contributed by atoms with E-state index in [1.54, 1.807) is 31.8 Å². The molecule has 1 fully saturated rings. The molecule has 0 aliphatic carbocycles. The minimum atomic E-state index is 0.341. The molecule has 0 aromatic carbocycles. The predicted molar refractivity (Wildman–Crippen MR) is 77.9 cm³/mol. The van der Waals surface area contributed by atoms with E-state index >= 15 is 0 Å². The summed E-state index contributed by atoms with van der Waals surface area (Å²) in [7, 11) is 1.60. The molecule has 1 saturated heterocycles. The molecule has 1 N–H and O–H groups in total. The van der Waals surface area contributed by atoms with Crippen LogP contribution in [-0.4, -0.2) is 51.1 Å². The summed E-state index contributed by atoms with van der Waals surface area (Å²) in [6, 6.07) is 2.08. The Morgan fingerprint density at radius 3 is 3.10 bits per heavy atom. The summed E-state index contributed by atoms with van der Waals surface area (Å²) in [5.41, 5.74) is 0.996. The number of rotatable bonds is 5. The van der Waals surface area contributed by atoms with Crippen LogP contribution >= 0.6 is 0 Å². The maximum Gasteiger partial charge on any atom is 0.226 e. The highest BCUT2D eigenvalue weighted by Gasteiger charge is 2.23. The molecule has 1 atom stereocenters. The van der Waals surface area contributed by atoms with Gasteiger partial charge in [-0.1, -0.05) is 0 Å². The third kappa shape index (κ3) is 3.63. The zero-order chi connectivity index (χ0) is 14.5. The SMILES string of the molecule is COc1ccnc(NC2CCN(Cc3cnccn3)C2)n1. The lowest BCUT2D eigenvalue weighted by atomic mass is 10.3. The van der Waals surface area contributed by atoms with Gasteiger partial charge in [0.25, 0.3) is 0 Å². The van der Waals surface area contributed by atoms with Crippen LogP contribution in [-0.2, 0) is 6.54 Å². The number of likely N-dealkylation sites (tertiary alicyclic amines) is 1. The van der Waals surface area contributed by atoms with Crippen molar-refractivity contribution in [3.8, 4) is 5.88 Å². The summed E-state index contributed by atoms with van der Waals surface area (Å²) in [6.07, 6.45) is 7.98. The van der Waals surface area contributed by atoms with Crippen LogP contribution in [0.15, 0.2) is 30.9 Å². The zero-order valence-electron chi connectivity index (χ0n) is 11.9. The van der Waals surface area contributed by atoms with E-state index in [1.165, 1.54) is 0 Å². The van der Waals surface area contributed by atoms with E-state index in [0.29, 0.717) is 17.9 Å². The Balaban J connectivity index is 1.54. The van der Waals surface area contributed by atoms with E-state index in [1.807, 2.05) is 6.20 Å². The highest BCUT2D eigenvalue weighted by Crippen LogP contribution is 2.16. The summed E-state index contributed by atoms with van der Waals surface area (Å²) >= 11 is 0. The van der Waals surface area contributed by atoms with Gasteiger partial charge in [-0.2, -0.15) is 4.98 Å². The van der Waals surface area contributed by atoms with Crippen LogP contribution in [0.3, 0.4) is 0 Å². The predicted octanol–water partition coefficient (Wildman–Crippen LogP) is 0.962. The Labute approximate surface area is 123 Å². The van der Waals surface area contributed by atoms with Crippen LogP contribution < -0.4 is 10.1 Å². The van der Waals surface area contributed by atoms with Crippen molar-refractivity contribution in [1.29, 1.82) is 0 Å². The minimum absolute atomic E-state index is 0.341. The topological polar surface area (TPSA) is 76.1 Å². The molecule has 3 rings (SSSR count). The molecule has 0 bridgehead atoms. The average Bonchev–Trinajstić information content (AvgIpc) is 2.95.